The molecular formula is C17H21O2Si. The minimum Gasteiger partial charge on any atom is -0.390 e. The summed E-state index contributed by atoms with van der Waals surface area (Å²) in [5.74, 6) is 0. The van der Waals surface area contributed by atoms with Crippen LogP contribution in [0.4, 0.5) is 0 Å². The Morgan fingerprint density at radius 2 is 1.45 bits per heavy atom. The van der Waals surface area contributed by atoms with Gasteiger partial charge in [0.1, 0.15) is 0 Å². The molecule has 2 rings (SSSR count). The smallest absolute Gasteiger partial charge is 0.390 e. The first-order chi connectivity index (χ1) is 9.76. The summed E-state index contributed by atoms with van der Waals surface area (Å²) in [6.45, 7) is 7.53. The summed E-state index contributed by atoms with van der Waals surface area (Å²) in [6, 6.07) is 17.0. The van der Waals surface area contributed by atoms with Crippen LogP contribution in [-0.2, 0) is 8.85 Å². The van der Waals surface area contributed by atoms with Crippen LogP contribution in [0.15, 0.2) is 48.5 Å². The fourth-order valence-corrected chi connectivity index (χ4v) is 3.53. The lowest BCUT2D eigenvalue weighted by Crippen LogP contribution is -2.36. The van der Waals surface area contributed by atoms with Crippen LogP contribution in [0.1, 0.15) is 19.4 Å². The van der Waals surface area contributed by atoms with Crippen molar-refractivity contribution in [1.82, 2.24) is 0 Å². The van der Waals surface area contributed by atoms with Gasteiger partial charge in [-0.25, -0.2) is 0 Å². The molecule has 1 radical (unpaired) electrons. The summed E-state index contributed by atoms with van der Waals surface area (Å²) in [6.07, 6.45) is 0. The van der Waals surface area contributed by atoms with Crippen molar-refractivity contribution < 1.29 is 8.85 Å². The van der Waals surface area contributed by atoms with E-state index < -0.39 is 9.28 Å². The Bertz CT molecular complexity index is 531. The third kappa shape index (κ3) is 3.57. The fraction of sp³-hybridized carbons (Fsp3) is 0.294. The van der Waals surface area contributed by atoms with Crippen LogP contribution in [0.2, 0.25) is 0 Å². The SMILES string of the molecule is CCO[Si](OCC)c1ccc(-c2ccccc2C)cc1. The van der Waals surface area contributed by atoms with E-state index in [2.05, 4.69) is 55.5 Å². The van der Waals surface area contributed by atoms with E-state index in [1.165, 1.54) is 16.7 Å². The average molecular weight is 285 g/mol. The lowest BCUT2D eigenvalue weighted by atomic mass is 10.0. The van der Waals surface area contributed by atoms with E-state index in [9.17, 15) is 0 Å². The van der Waals surface area contributed by atoms with Gasteiger partial charge in [0.15, 0.2) is 0 Å². The van der Waals surface area contributed by atoms with Gasteiger partial charge < -0.3 is 8.85 Å². The maximum absolute atomic E-state index is 5.72. The Labute approximate surface area is 123 Å². The van der Waals surface area contributed by atoms with E-state index >= 15 is 0 Å². The Morgan fingerprint density at radius 1 is 0.850 bits per heavy atom. The van der Waals surface area contributed by atoms with Crippen LogP contribution in [-0.4, -0.2) is 22.5 Å². The third-order valence-electron chi connectivity index (χ3n) is 3.13. The summed E-state index contributed by atoms with van der Waals surface area (Å²) in [5.41, 5.74) is 3.81. The van der Waals surface area contributed by atoms with Crippen LogP contribution in [0.5, 0.6) is 0 Å². The van der Waals surface area contributed by atoms with Crippen molar-refractivity contribution in [2.24, 2.45) is 0 Å². The number of aryl methyl sites for hydroxylation is 1. The summed E-state index contributed by atoms with van der Waals surface area (Å²) in [5, 5.41) is 1.16. The molecule has 0 aliphatic rings. The van der Waals surface area contributed by atoms with E-state index in [1.54, 1.807) is 0 Å². The largest absolute Gasteiger partial charge is 0.423 e. The maximum Gasteiger partial charge on any atom is 0.423 e. The highest BCUT2D eigenvalue weighted by Crippen LogP contribution is 2.22. The molecule has 2 nitrogen and oxygen atoms in total. The first kappa shape index (κ1) is 15.0. The zero-order chi connectivity index (χ0) is 14.4. The van der Waals surface area contributed by atoms with Crippen LogP contribution < -0.4 is 5.19 Å². The molecule has 2 aromatic rings. The zero-order valence-corrected chi connectivity index (χ0v) is 13.3. The molecule has 0 N–H and O–H groups in total. The van der Waals surface area contributed by atoms with Gasteiger partial charge in [-0.2, -0.15) is 0 Å². The van der Waals surface area contributed by atoms with Crippen molar-refractivity contribution in [3.05, 3.63) is 54.1 Å². The van der Waals surface area contributed by atoms with Crippen LogP contribution in [0.25, 0.3) is 11.1 Å². The molecule has 3 heteroatoms. The quantitative estimate of drug-likeness (QED) is 0.757. The van der Waals surface area contributed by atoms with Gasteiger partial charge in [0.25, 0.3) is 0 Å². The van der Waals surface area contributed by atoms with Crippen LogP contribution in [0.3, 0.4) is 0 Å². The third-order valence-corrected chi connectivity index (χ3v) is 5.03. The Balaban J connectivity index is 2.23. The van der Waals surface area contributed by atoms with Crippen molar-refractivity contribution in [1.29, 1.82) is 0 Å². The van der Waals surface area contributed by atoms with Gasteiger partial charge in [0, 0.05) is 13.2 Å². The molecule has 0 unspecified atom stereocenters. The van der Waals surface area contributed by atoms with Gasteiger partial charge in [-0.05, 0) is 42.6 Å². The lowest BCUT2D eigenvalue weighted by molar-refractivity contribution is 0.225. The molecule has 0 heterocycles. The van der Waals surface area contributed by atoms with Gasteiger partial charge in [-0.3, -0.25) is 0 Å². The summed E-state index contributed by atoms with van der Waals surface area (Å²) < 4.78 is 11.4. The molecule has 0 saturated carbocycles. The van der Waals surface area contributed by atoms with Gasteiger partial charge in [0.05, 0.1) is 0 Å². The normalized spacial score (nSPS) is 11.0. The van der Waals surface area contributed by atoms with Crippen molar-refractivity contribution in [2.75, 3.05) is 13.2 Å². The number of hydrogen-bond acceptors (Lipinski definition) is 2. The summed E-state index contributed by atoms with van der Waals surface area (Å²) in [7, 11) is -1.33. The summed E-state index contributed by atoms with van der Waals surface area (Å²) >= 11 is 0. The van der Waals surface area contributed by atoms with Crippen molar-refractivity contribution in [3.63, 3.8) is 0 Å². The number of benzene rings is 2. The summed E-state index contributed by atoms with van der Waals surface area (Å²) in [4.78, 5) is 0. The van der Waals surface area contributed by atoms with Gasteiger partial charge in [0.2, 0.25) is 0 Å². The molecule has 20 heavy (non-hydrogen) atoms. The van der Waals surface area contributed by atoms with Gasteiger partial charge in [-0.1, -0.05) is 48.5 Å². The zero-order valence-electron chi connectivity index (χ0n) is 12.3. The lowest BCUT2D eigenvalue weighted by Gasteiger charge is -2.14. The molecule has 0 spiro atoms. The second-order valence-corrected chi connectivity index (χ2v) is 6.28. The van der Waals surface area contributed by atoms with E-state index in [-0.39, 0.29) is 0 Å². The minimum absolute atomic E-state index is 0.688. The van der Waals surface area contributed by atoms with Crippen LogP contribution in [0, 0.1) is 6.92 Å². The predicted molar refractivity (Wildman–Crippen MR) is 85.3 cm³/mol. The van der Waals surface area contributed by atoms with E-state index in [0.29, 0.717) is 13.2 Å². The average Bonchev–Trinajstić information content (AvgIpc) is 2.48. The Morgan fingerprint density at radius 3 is 2.00 bits per heavy atom. The Hall–Kier alpha value is -1.42. The highest BCUT2D eigenvalue weighted by Gasteiger charge is 2.17. The monoisotopic (exact) mass is 285 g/mol. The second-order valence-electron chi connectivity index (χ2n) is 4.55. The van der Waals surface area contributed by atoms with Crippen LogP contribution >= 0.6 is 0 Å². The molecule has 0 aliphatic heterocycles. The molecular weight excluding hydrogens is 264 g/mol. The highest BCUT2D eigenvalue weighted by molar-refractivity contribution is 6.61. The van der Waals surface area contributed by atoms with Gasteiger partial charge in [-0.15, -0.1) is 0 Å². The fourth-order valence-electron chi connectivity index (χ4n) is 2.15. The number of hydrogen-bond donors (Lipinski definition) is 0. The van der Waals surface area contributed by atoms with Crippen molar-refractivity contribution in [2.45, 2.75) is 20.8 Å². The van der Waals surface area contributed by atoms with Crippen molar-refractivity contribution >= 4 is 14.5 Å². The molecule has 0 atom stereocenters. The number of rotatable bonds is 6. The molecule has 105 valence electrons. The molecule has 2 aromatic carbocycles. The van der Waals surface area contributed by atoms with E-state index in [4.69, 9.17) is 8.85 Å². The van der Waals surface area contributed by atoms with Crippen molar-refractivity contribution in [3.8, 4) is 11.1 Å². The molecule has 0 bridgehead atoms. The standard InChI is InChI=1S/C17H21O2Si/c1-4-18-20(19-5-2)16-12-10-15(11-13-16)17-9-7-6-8-14(17)3/h6-13H,4-5H2,1-3H3. The topological polar surface area (TPSA) is 18.5 Å². The van der Waals surface area contributed by atoms with E-state index in [0.717, 1.165) is 5.19 Å². The molecule has 0 aromatic heterocycles. The van der Waals surface area contributed by atoms with E-state index in [1.807, 2.05) is 13.8 Å². The Kier molecular flexibility index (Phi) is 5.53. The molecule has 0 fully saturated rings. The molecule has 0 aliphatic carbocycles. The first-order valence-electron chi connectivity index (χ1n) is 7.05. The minimum atomic E-state index is -1.33. The van der Waals surface area contributed by atoms with Gasteiger partial charge >= 0.3 is 9.28 Å². The molecule has 0 amide bonds. The second kappa shape index (κ2) is 7.38. The maximum atomic E-state index is 5.72. The molecule has 0 saturated heterocycles. The highest BCUT2D eigenvalue weighted by atomic mass is 28.3. The predicted octanol–water partition coefficient (Wildman–Crippen LogP) is 3.43. The first-order valence-corrected chi connectivity index (χ1v) is 8.37.